The summed E-state index contributed by atoms with van der Waals surface area (Å²) in [6.45, 7) is 3.66. The summed E-state index contributed by atoms with van der Waals surface area (Å²) in [5.74, 6) is -0.926. The fourth-order valence-corrected chi connectivity index (χ4v) is 8.08. The highest BCUT2D eigenvalue weighted by Gasteiger charge is 2.25. The number of hydrogen-bond donors (Lipinski definition) is 0. The van der Waals surface area contributed by atoms with Crippen LogP contribution >= 0.6 is 11.3 Å². The molecule has 20 heteroatoms. The van der Waals surface area contributed by atoms with Crippen molar-refractivity contribution in [3.05, 3.63) is 160 Å². The third kappa shape index (κ3) is 8.60. The molecule has 8 heterocycles. The van der Waals surface area contributed by atoms with E-state index in [-0.39, 0.29) is 46.1 Å². The molecule has 0 fully saturated rings. The molecule has 0 aliphatic carbocycles. The largest absolute Gasteiger partial charge is 0.292 e. The highest BCUT2D eigenvalue weighted by molar-refractivity contribution is 7.13. The number of ketones is 2. The summed E-state index contributed by atoms with van der Waals surface area (Å²) in [6.07, 6.45) is 3.95. The van der Waals surface area contributed by atoms with Gasteiger partial charge in [-0.05, 0) is 26.0 Å². The lowest BCUT2D eigenvalue weighted by molar-refractivity contribution is 0.0975. The summed E-state index contributed by atoms with van der Waals surface area (Å²) in [5, 5.41) is 18.5. The van der Waals surface area contributed by atoms with Gasteiger partial charge in [0.15, 0.2) is 34.5 Å². The van der Waals surface area contributed by atoms with Crippen molar-refractivity contribution in [2.75, 3.05) is 0 Å². The number of alkyl halides is 2. The lowest BCUT2D eigenvalue weighted by atomic mass is 10.0. The molecule has 0 atom stereocenters. The Morgan fingerprint density at radius 2 is 1.17 bits per heavy atom. The highest BCUT2D eigenvalue weighted by atomic mass is 32.1. The lowest BCUT2D eigenvalue weighted by Gasteiger charge is -2.08. The Labute approximate surface area is 376 Å². The van der Waals surface area contributed by atoms with E-state index in [1.54, 1.807) is 32.6 Å². The normalized spacial score (nSPS) is 11.4. The van der Waals surface area contributed by atoms with Gasteiger partial charge in [-0.15, -0.1) is 21.5 Å². The maximum absolute atomic E-state index is 14.9. The van der Waals surface area contributed by atoms with E-state index in [4.69, 9.17) is 0 Å². The molecule has 0 saturated carbocycles. The number of carbonyl (C=O) groups is 2. The van der Waals surface area contributed by atoms with Crippen LogP contribution in [-0.4, -0.2) is 75.3 Å². The van der Waals surface area contributed by atoms with Gasteiger partial charge in [0.25, 0.3) is 6.43 Å². The van der Waals surface area contributed by atoms with Crippen molar-refractivity contribution < 1.29 is 27.2 Å². The van der Waals surface area contributed by atoms with Crippen LogP contribution in [0.15, 0.2) is 109 Å². The zero-order valence-electron chi connectivity index (χ0n) is 35.4. The zero-order chi connectivity index (χ0) is 46.2. The molecule has 0 aliphatic rings. The van der Waals surface area contributed by atoms with E-state index in [1.165, 1.54) is 48.4 Å². The first-order valence-electron chi connectivity index (χ1n) is 20.2. The number of rotatable bonds is 11. The van der Waals surface area contributed by atoms with Gasteiger partial charge in [-0.3, -0.25) is 23.9 Å². The molecule has 0 amide bonds. The van der Waals surface area contributed by atoms with E-state index in [9.17, 15) is 27.2 Å². The number of aryl methyl sites for hydroxylation is 4. The van der Waals surface area contributed by atoms with Crippen molar-refractivity contribution in [2.24, 2.45) is 14.1 Å². The van der Waals surface area contributed by atoms with Crippen LogP contribution in [-0.2, 0) is 26.9 Å². The van der Waals surface area contributed by atoms with Crippen LogP contribution in [0.2, 0.25) is 0 Å². The van der Waals surface area contributed by atoms with Crippen LogP contribution < -0.4 is 0 Å². The highest BCUT2D eigenvalue weighted by Crippen LogP contribution is 2.32. The number of thiazole rings is 1. The molecule has 0 aliphatic heterocycles. The third-order valence-electron chi connectivity index (χ3n) is 10.5. The molecule has 66 heavy (non-hydrogen) atoms. The zero-order valence-corrected chi connectivity index (χ0v) is 36.3. The minimum absolute atomic E-state index is 0.138. The predicted molar refractivity (Wildman–Crippen MR) is 236 cm³/mol. The van der Waals surface area contributed by atoms with E-state index in [1.807, 2.05) is 74.5 Å². The van der Waals surface area contributed by atoms with Crippen molar-refractivity contribution in [2.45, 2.75) is 33.1 Å². The van der Waals surface area contributed by atoms with Crippen molar-refractivity contribution in [3.8, 4) is 44.6 Å². The molecule has 2 aromatic carbocycles. The Hall–Kier alpha value is -8.13. The monoisotopic (exact) mass is 909 g/mol. The Morgan fingerprint density at radius 3 is 1.67 bits per heavy atom. The summed E-state index contributed by atoms with van der Waals surface area (Å²) >= 11 is 0.996. The van der Waals surface area contributed by atoms with Gasteiger partial charge in [0.1, 0.15) is 33.7 Å². The van der Waals surface area contributed by atoms with Gasteiger partial charge in [-0.25, -0.2) is 46.5 Å². The Morgan fingerprint density at radius 1 is 0.667 bits per heavy atom. The number of aromatic nitrogens is 13. The van der Waals surface area contributed by atoms with Crippen molar-refractivity contribution in [1.82, 2.24) is 63.7 Å². The molecule has 15 nitrogen and oxygen atoms in total. The first-order valence-corrected chi connectivity index (χ1v) is 21.0. The van der Waals surface area contributed by atoms with Gasteiger partial charge < -0.3 is 0 Å². The second kappa shape index (κ2) is 17.8. The molecule has 0 N–H and O–H groups in total. The first kappa shape index (κ1) is 43.1. The van der Waals surface area contributed by atoms with Crippen LogP contribution in [0.1, 0.15) is 55.6 Å². The molecule has 0 spiro atoms. The summed E-state index contributed by atoms with van der Waals surface area (Å²) in [4.78, 5) is 48.1. The van der Waals surface area contributed by atoms with E-state index in [0.29, 0.717) is 51.2 Å². The van der Waals surface area contributed by atoms with Crippen molar-refractivity contribution >= 4 is 34.2 Å². The van der Waals surface area contributed by atoms with Crippen LogP contribution in [0.4, 0.5) is 17.6 Å². The second-order valence-corrected chi connectivity index (χ2v) is 15.9. The number of hydrogen-bond acceptors (Lipinski definition) is 12. The van der Waals surface area contributed by atoms with E-state index in [0.717, 1.165) is 28.2 Å². The fourth-order valence-electron chi connectivity index (χ4n) is 7.26. The summed E-state index contributed by atoms with van der Waals surface area (Å²) in [5.41, 5.74) is 5.90. The topological polar surface area (TPSA) is 169 Å². The summed E-state index contributed by atoms with van der Waals surface area (Å²) < 4.78 is 61.1. The number of benzene rings is 2. The van der Waals surface area contributed by atoms with Gasteiger partial charge >= 0.3 is 0 Å². The lowest BCUT2D eigenvalue weighted by Crippen LogP contribution is -2.13. The fraction of sp³-hybridized carbons (Fsp3) is 0.152. The molecule has 0 bridgehead atoms. The van der Waals surface area contributed by atoms with Gasteiger partial charge in [0.05, 0.1) is 53.0 Å². The van der Waals surface area contributed by atoms with Gasteiger partial charge in [0, 0.05) is 60.8 Å². The Balaban J connectivity index is 0.000000166. The van der Waals surface area contributed by atoms with Gasteiger partial charge in [-0.2, -0.15) is 10.2 Å². The van der Waals surface area contributed by atoms with Crippen molar-refractivity contribution in [3.63, 3.8) is 0 Å². The van der Waals surface area contributed by atoms with Gasteiger partial charge in [0.2, 0.25) is 0 Å². The smallest absolute Gasteiger partial charge is 0.281 e. The molecule has 10 rings (SSSR count). The van der Waals surface area contributed by atoms with E-state index >= 15 is 0 Å². The standard InChI is InChI=1S/C24H20FN7O.C22H15F3N6OS/c1-14-11-26-15(2)22(28-14)18-12-27-31(3)23(18)20(33)9-17-10-21-29-24(16-7-5-4-6-8-16)30-32(21)13-19(17)25;1-30-19(14(9-26-30)22-27-16(11-33-22)20(24)25)17(32)7-13-8-18-28-21(12-5-3-2-4-6-12)29-31(18)10-15(13)23/h4-8,10-13H,9H2,1-3H3;2-6,8-11,20H,7H2,1H3. The average molecular weight is 910 g/mol. The van der Waals surface area contributed by atoms with Crippen molar-refractivity contribution in [1.29, 1.82) is 0 Å². The van der Waals surface area contributed by atoms with Crippen LogP contribution in [0, 0.1) is 25.5 Å². The predicted octanol–water partition coefficient (Wildman–Crippen LogP) is 8.52. The molecular formula is C46H35F4N13O2S. The van der Waals surface area contributed by atoms with E-state index < -0.39 is 23.8 Å². The molecule has 8 aromatic heterocycles. The third-order valence-corrected chi connectivity index (χ3v) is 11.4. The molecule has 10 aromatic rings. The van der Waals surface area contributed by atoms with Gasteiger partial charge in [-0.1, -0.05) is 60.7 Å². The van der Waals surface area contributed by atoms with Crippen LogP contribution in [0.25, 0.3) is 55.9 Å². The number of nitrogens with zero attached hydrogens (tertiary/aromatic N) is 13. The van der Waals surface area contributed by atoms with E-state index in [2.05, 4.69) is 45.3 Å². The average Bonchev–Trinajstić information content (AvgIpc) is 4.16. The molecule has 0 saturated heterocycles. The van der Waals surface area contributed by atoms with Crippen LogP contribution in [0.3, 0.4) is 0 Å². The second-order valence-electron chi connectivity index (χ2n) is 15.1. The Bertz CT molecular complexity index is 3430. The molecule has 0 radical (unpaired) electrons. The molecular weight excluding hydrogens is 875 g/mol. The summed E-state index contributed by atoms with van der Waals surface area (Å²) in [7, 11) is 3.24. The Kier molecular flexibility index (Phi) is 11.6. The molecule has 0 unspecified atom stereocenters. The minimum atomic E-state index is -2.71. The molecule has 330 valence electrons. The first-order chi connectivity index (χ1) is 31.8. The number of Topliss-reactive ketones (excluding diaryl/α,β-unsaturated/α-hetero) is 2. The number of fused-ring (bicyclic) bond motifs is 2. The number of pyridine rings is 2. The number of carbonyl (C=O) groups excluding carboxylic acids is 2. The summed E-state index contributed by atoms with van der Waals surface area (Å²) in [6, 6.07) is 21.7. The van der Waals surface area contributed by atoms with Crippen LogP contribution in [0.5, 0.6) is 0 Å². The quantitative estimate of drug-likeness (QED) is 0.0901. The minimum Gasteiger partial charge on any atom is -0.292 e. The maximum atomic E-state index is 14.9. The SMILES string of the molecule is Cc1cnc(C)c(-c2cnn(C)c2C(=O)Cc2cc3nc(-c4ccccc4)nn3cc2F)n1.Cn1ncc(-c2nc(C(F)F)cs2)c1C(=O)Cc1cc2nc(-c3ccccc3)nn2cc1F. The number of halogens is 4. The maximum Gasteiger partial charge on any atom is 0.281 e.